The summed E-state index contributed by atoms with van der Waals surface area (Å²) >= 11 is 2.07. The number of hydrogen-bond acceptors (Lipinski definition) is 3. The highest BCUT2D eigenvalue weighted by molar-refractivity contribution is 14.1. The molecule has 0 saturated heterocycles. The molecule has 0 radical (unpaired) electrons. The first-order valence-corrected chi connectivity index (χ1v) is 8.15. The van der Waals surface area contributed by atoms with E-state index in [-0.39, 0.29) is 11.0 Å². The number of H-pyrrole nitrogens is 1. The SMILES string of the molecule is CCCc1nc(-c2cn(C)nc2C(C)(C)C)[nH]c(=O)c1I. The van der Waals surface area contributed by atoms with Crippen molar-refractivity contribution in [3.05, 3.63) is 31.5 Å². The predicted octanol–water partition coefficient (Wildman–Crippen LogP) is 3.03. The fourth-order valence-electron chi connectivity index (χ4n) is 2.25. The van der Waals surface area contributed by atoms with Crippen molar-refractivity contribution in [2.24, 2.45) is 7.05 Å². The molecule has 0 saturated carbocycles. The molecule has 0 aliphatic rings. The van der Waals surface area contributed by atoms with Gasteiger partial charge in [0.1, 0.15) is 5.82 Å². The Hall–Kier alpha value is -1.18. The summed E-state index contributed by atoms with van der Waals surface area (Å²) in [6, 6.07) is 0. The molecular formula is C15H21IN4O. The number of aromatic amines is 1. The summed E-state index contributed by atoms with van der Waals surface area (Å²) in [6.45, 7) is 8.41. The fraction of sp³-hybridized carbons (Fsp3) is 0.533. The van der Waals surface area contributed by atoms with Gasteiger partial charge in [-0.15, -0.1) is 0 Å². The molecule has 21 heavy (non-hydrogen) atoms. The Morgan fingerprint density at radius 1 is 1.38 bits per heavy atom. The highest BCUT2D eigenvalue weighted by atomic mass is 127. The lowest BCUT2D eigenvalue weighted by Gasteiger charge is -2.17. The third kappa shape index (κ3) is 3.36. The first kappa shape index (κ1) is 16.2. The minimum Gasteiger partial charge on any atom is -0.305 e. The quantitative estimate of drug-likeness (QED) is 0.806. The average Bonchev–Trinajstić information content (AvgIpc) is 2.77. The molecule has 2 aromatic heterocycles. The van der Waals surface area contributed by atoms with Crippen molar-refractivity contribution < 1.29 is 0 Å². The molecule has 2 heterocycles. The van der Waals surface area contributed by atoms with Gasteiger partial charge in [-0.05, 0) is 29.0 Å². The van der Waals surface area contributed by atoms with Crippen LogP contribution in [0.5, 0.6) is 0 Å². The van der Waals surface area contributed by atoms with Crippen molar-refractivity contribution in [2.75, 3.05) is 0 Å². The first-order chi connectivity index (χ1) is 9.74. The van der Waals surface area contributed by atoms with Crippen LogP contribution in [0.3, 0.4) is 0 Å². The number of nitrogens with one attached hydrogen (secondary N) is 1. The summed E-state index contributed by atoms with van der Waals surface area (Å²) < 4.78 is 2.45. The summed E-state index contributed by atoms with van der Waals surface area (Å²) in [4.78, 5) is 19.7. The van der Waals surface area contributed by atoms with Gasteiger partial charge in [0.25, 0.3) is 5.56 Å². The molecular weight excluding hydrogens is 379 g/mol. The lowest BCUT2D eigenvalue weighted by atomic mass is 9.89. The number of aromatic nitrogens is 4. The average molecular weight is 400 g/mol. The van der Waals surface area contributed by atoms with E-state index < -0.39 is 0 Å². The molecule has 0 atom stereocenters. The molecule has 0 unspecified atom stereocenters. The zero-order valence-corrected chi connectivity index (χ0v) is 15.3. The summed E-state index contributed by atoms with van der Waals surface area (Å²) in [6.07, 6.45) is 3.69. The van der Waals surface area contributed by atoms with Gasteiger partial charge in [0.15, 0.2) is 0 Å². The van der Waals surface area contributed by atoms with Gasteiger partial charge in [-0.25, -0.2) is 4.98 Å². The molecule has 0 spiro atoms. The van der Waals surface area contributed by atoms with Gasteiger partial charge in [-0.2, -0.15) is 5.10 Å². The van der Waals surface area contributed by atoms with Crippen molar-refractivity contribution in [3.8, 4) is 11.4 Å². The van der Waals surface area contributed by atoms with Crippen molar-refractivity contribution >= 4 is 22.6 Å². The lowest BCUT2D eigenvalue weighted by molar-refractivity contribution is 0.554. The van der Waals surface area contributed by atoms with Crippen molar-refractivity contribution in [2.45, 2.75) is 46.0 Å². The molecule has 2 aromatic rings. The van der Waals surface area contributed by atoms with Crippen molar-refractivity contribution in [3.63, 3.8) is 0 Å². The molecule has 0 amide bonds. The second-order valence-corrected chi connectivity index (χ2v) is 7.32. The zero-order valence-electron chi connectivity index (χ0n) is 13.1. The van der Waals surface area contributed by atoms with Crippen LogP contribution < -0.4 is 5.56 Å². The molecule has 2 rings (SSSR count). The van der Waals surface area contributed by atoms with E-state index >= 15 is 0 Å². The van der Waals surface area contributed by atoms with E-state index in [0.717, 1.165) is 29.8 Å². The Labute approximate surface area is 138 Å². The van der Waals surface area contributed by atoms with Crippen LogP contribution in [0.15, 0.2) is 11.0 Å². The van der Waals surface area contributed by atoms with Gasteiger partial charge < -0.3 is 4.98 Å². The van der Waals surface area contributed by atoms with Gasteiger partial charge in [0.2, 0.25) is 0 Å². The number of hydrogen-bond donors (Lipinski definition) is 1. The highest BCUT2D eigenvalue weighted by Crippen LogP contribution is 2.29. The Bertz CT molecular complexity index is 709. The highest BCUT2D eigenvalue weighted by Gasteiger charge is 2.24. The van der Waals surface area contributed by atoms with E-state index in [9.17, 15) is 4.79 Å². The normalized spacial score (nSPS) is 11.9. The molecule has 0 aliphatic heterocycles. The Balaban J connectivity index is 2.65. The van der Waals surface area contributed by atoms with Crippen LogP contribution >= 0.6 is 22.6 Å². The van der Waals surface area contributed by atoms with Crippen LogP contribution in [-0.2, 0) is 18.9 Å². The molecule has 0 aliphatic carbocycles. The molecule has 5 nitrogen and oxygen atoms in total. The monoisotopic (exact) mass is 400 g/mol. The predicted molar refractivity (Wildman–Crippen MR) is 92.5 cm³/mol. The topological polar surface area (TPSA) is 63.6 Å². The molecule has 0 aromatic carbocycles. The minimum absolute atomic E-state index is 0.0761. The number of rotatable bonds is 3. The second-order valence-electron chi connectivity index (χ2n) is 6.24. The number of aryl methyl sites for hydroxylation is 2. The van der Waals surface area contributed by atoms with Gasteiger partial charge >= 0.3 is 0 Å². The lowest BCUT2D eigenvalue weighted by Crippen LogP contribution is -2.18. The van der Waals surface area contributed by atoms with Gasteiger partial charge in [-0.3, -0.25) is 9.48 Å². The maximum atomic E-state index is 12.1. The summed E-state index contributed by atoms with van der Waals surface area (Å²) in [5.41, 5.74) is 2.52. The van der Waals surface area contributed by atoms with Crippen LogP contribution in [-0.4, -0.2) is 19.7 Å². The molecule has 0 fully saturated rings. The van der Waals surface area contributed by atoms with E-state index in [1.54, 1.807) is 4.68 Å². The number of nitrogens with zero attached hydrogens (tertiary/aromatic N) is 3. The molecule has 114 valence electrons. The third-order valence-electron chi connectivity index (χ3n) is 3.21. The van der Waals surface area contributed by atoms with Crippen molar-refractivity contribution in [1.29, 1.82) is 0 Å². The van der Waals surface area contributed by atoms with E-state index in [4.69, 9.17) is 0 Å². The molecule has 6 heteroatoms. The minimum atomic E-state index is -0.108. The maximum Gasteiger partial charge on any atom is 0.264 e. The van der Waals surface area contributed by atoms with Crippen molar-refractivity contribution in [1.82, 2.24) is 19.7 Å². The fourth-order valence-corrected chi connectivity index (χ4v) is 2.78. The summed E-state index contributed by atoms with van der Waals surface area (Å²) in [7, 11) is 1.89. The Kier molecular flexibility index (Phi) is 4.55. The largest absolute Gasteiger partial charge is 0.305 e. The Morgan fingerprint density at radius 3 is 2.62 bits per heavy atom. The summed E-state index contributed by atoms with van der Waals surface area (Å²) in [5, 5.41) is 4.54. The van der Waals surface area contributed by atoms with E-state index in [1.807, 2.05) is 13.2 Å². The smallest absolute Gasteiger partial charge is 0.264 e. The Morgan fingerprint density at radius 2 is 2.05 bits per heavy atom. The first-order valence-electron chi connectivity index (χ1n) is 7.07. The van der Waals surface area contributed by atoms with Crippen LogP contribution in [0.4, 0.5) is 0 Å². The number of halogens is 1. The van der Waals surface area contributed by atoms with Gasteiger partial charge in [-0.1, -0.05) is 34.1 Å². The third-order valence-corrected chi connectivity index (χ3v) is 4.33. The van der Waals surface area contributed by atoms with Crippen LogP contribution in [0.25, 0.3) is 11.4 Å². The van der Waals surface area contributed by atoms with Gasteiger partial charge in [0, 0.05) is 18.7 Å². The maximum absolute atomic E-state index is 12.1. The van der Waals surface area contributed by atoms with Crippen LogP contribution in [0.1, 0.15) is 45.5 Å². The van der Waals surface area contributed by atoms with Crippen LogP contribution in [0.2, 0.25) is 0 Å². The van der Waals surface area contributed by atoms with E-state index in [1.165, 1.54) is 0 Å². The second kappa shape index (κ2) is 5.90. The molecule has 1 N–H and O–H groups in total. The van der Waals surface area contributed by atoms with Gasteiger partial charge in [0.05, 0.1) is 20.5 Å². The van der Waals surface area contributed by atoms with E-state index in [0.29, 0.717) is 9.39 Å². The molecule has 0 bridgehead atoms. The standard InChI is InChI=1S/C15H21IN4O/c1-6-7-10-11(16)14(21)18-13(17-10)9-8-20(5)19-12(9)15(2,3)4/h8H,6-7H2,1-5H3,(H,17,18,21). The van der Waals surface area contributed by atoms with E-state index in [2.05, 4.69) is 65.4 Å². The summed E-state index contributed by atoms with van der Waals surface area (Å²) in [5.74, 6) is 0.613. The zero-order chi connectivity index (χ0) is 15.8. The van der Waals surface area contributed by atoms with Crippen LogP contribution in [0, 0.1) is 3.57 Å².